The second-order valence-electron chi connectivity index (χ2n) is 5.82. The number of methoxy groups -OCH3 is 1. The lowest BCUT2D eigenvalue weighted by Gasteiger charge is -2.30. The summed E-state index contributed by atoms with van der Waals surface area (Å²) in [4.78, 5) is 2.49. The first-order valence-corrected chi connectivity index (χ1v) is 7.96. The average molecular weight is 313 g/mol. The summed E-state index contributed by atoms with van der Waals surface area (Å²) in [5, 5.41) is 14.0. The fourth-order valence-electron chi connectivity index (χ4n) is 2.66. The van der Waals surface area contributed by atoms with E-state index in [4.69, 9.17) is 16.3 Å². The van der Waals surface area contributed by atoms with Crippen LogP contribution in [0.5, 0.6) is 11.5 Å². The maximum absolute atomic E-state index is 10.1. The van der Waals surface area contributed by atoms with Crippen LogP contribution in [0, 0.1) is 5.92 Å². The molecule has 1 fully saturated rings. The molecule has 5 heteroatoms. The summed E-state index contributed by atoms with van der Waals surface area (Å²) in [6, 6.07) is 3.39. The van der Waals surface area contributed by atoms with Gasteiger partial charge in [0.2, 0.25) is 0 Å². The minimum atomic E-state index is 0.168. The molecule has 0 aliphatic carbocycles. The highest BCUT2D eigenvalue weighted by Crippen LogP contribution is 2.33. The van der Waals surface area contributed by atoms with Gasteiger partial charge in [0, 0.05) is 36.3 Å². The summed E-state index contributed by atoms with van der Waals surface area (Å²) in [6.45, 7) is 7.25. The molecule has 0 saturated carbocycles. The Labute approximate surface area is 132 Å². The molecule has 0 bridgehead atoms. The van der Waals surface area contributed by atoms with E-state index in [1.54, 1.807) is 12.1 Å². The van der Waals surface area contributed by atoms with Gasteiger partial charge in [0.25, 0.3) is 0 Å². The molecule has 0 unspecified atom stereocenters. The van der Waals surface area contributed by atoms with Crippen LogP contribution in [0.3, 0.4) is 0 Å². The van der Waals surface area contributed by atoms with Crippen LogP contribution in [0.2, 0.25) is 5.02 Å². The number of nitrogens with zero attached hydrogens (tertiary/aromatic N) is 1. The number of phenolic OH excluding ortho intramolecular Hbond substituents is 1. The van der Waals surface area contributed by atoms with Crippen molar-refractivity contribution in [3.8, 4) is 11.5 Å². The zero-order chi connectivity index (χ0) is 15.2. The van der Waals surface area contributed by atoms with E-state index in [1.807, 2.05) is 0 Å². The van der Waals surface area contributed by atoms with Crippen LogP contribution in [0.4, 0.5) is 0 Å². The fraction of sp³-hybridized carbons (Fsp3) is 0.625. The number of benzene rings is 1. The molecule has 0 radical (unpaired) electrons. The number of hydrogen-bond donors (Lipinski definition) is 2. The van der Waals surface area contributed by atoms with Gasteiger partial charge >= 0.3 is 0 Å². The third-order valence-corrected chi connectivity index (χ3v) is 4.35. The number of hydrogen-bond acceptors (Lipinski definition) is 4. The second-order valence-corrected chi connectivity index (χ2v) is 6.25. The Morgan fingerprint density at radius 3 is 2.76 bits per heavy atom. The Morgan fingerprint density at radius 1 is 1.38 bits per heavy atom. The average Bonchev–Trinajstić information content (AvgIpc) is 2.48. The molecule has 4 nitrogen and oxygen atoms in total. The van der Waals surface area contributed by atoms with E-state index >= 15 is 0 Å². The van der Waals surface area contributed by atoms with Crippen LogP contribution < -0.4 is 10.1 Å². The number of rotatable bonds is 6. The standard InChI is InChI=1S/C16H25ClN2O2/c1-12-3-6-19(7-4-12)8-5-18-11-13-9-14(17)10-15(21-2)16(13)20/h9-10,12,18,20H,3-8,11H2,1-2H3. The van der Waals surface area contributed by atoms with E-state index in [0.29, 0.717) is 17.3 Å². The summed E-state index contributed by atoms with van der Waals surface area (Å²) < 4.78 is 5.11. The number of likely N-dealkylation sites (tertiary alicyclic amines) is 1. The van der Waals surface area contributed by atoms with E-state index in [9.17, 15) is 5.11 Å². The Morgan fingerprint density at radius 2 is 2.10 bits per heavy atom. The molecule has 0 spiro atoms. The third kappa shape index (κ3) is 4.77. The van der Waals surface area contributed by atoms with E-state index in [0.717, 1.165) is 24.6 Å². The molecule has 0 aromatic heterocycles. The summed E-state index contributed by atoms with van der Waals surface area (Å²) in [7, 11) is 1.53. The summed E-state index contributed by atoms with van der Waals surface area (Å²) in [5.41, 5.74) is 0.770. The van der Waals surface area contributed by atoms with Crippen molar-refractivity contribution in [3.63, 3.8) is 0 Å². The highest BCUT2D eigenvalue weighted by atomic mass is 35.5. The van der Waals surface area contributed by atoms with E-state index < -0.39 is 0 Å². The Hall–Kier alpha value is -0.970. The molecule has 1 aromatic rings. The number of nitrogens with one attached hydrogen (secondary N) is 1. The quantitative estimate of drug-likeness (QED) is 0.793. The van der Waals surface area contributed by atoms with Gasteiger partial charge in [-0.15, -0.1) is 0 Å². The second kappa shape index (κ2) is 7.87. The first-order chi connectivity index (χ1) is 10.1. The fourth-order valence-corrected chi connectivity index (χ4v) is 2.90. The molecule has 21 heavy (non-hydrogen) atoms. The summed E-state index contributed by atoms with van der Waals surface area (Å²) in [6.07, 6.45) is 2.60. The Balaban J connectivity index is 1.77. The Bertz CT molecular complexity index is 460. The molecule has 0 atom stereocenters. The predicted octanol–water partition coefficient (Wildman–Crippen LogP) is 2.88. The van der Waals surface area contributed by atoms with Crippen molar-refractivity contribution in [1.82, 2.24) is 10.2 Å². The molecule has 1 aliphatic heterocycles. The lowest BCUT2D eigenvalue weighted by atomic mass is 9.99. The topological polar surface area (TPSA) is 44.7 Å². The molecule has 0 amide bonds. The van der Waals surface area contributed by atoms with Crippen LogP contribution in [0.25, 0.3) is 0 Å². The van der Waals surface area contributed by atoms with Crippen molar-refractivity contribution in [1.29, 1.82) is 0 Å². The minimum absolute atomic E-state index is 0.168. The molecule has 1 aromatic carbocycles. The van der Waals surface area contributed by atoms with Crippen molar-refractivity contribution in [2.75, 3.05) is 33.3 Å². The van der Waals surface area contributed by atoms with Crippen molar-refractivity contribution in [2.24, 2.45) is 5.92 Å². The molecular weight excluding hydrogens is 288 g/mol. The molecule has 1 aliphatic rings. The first-order valence-electron chi connectivity index (χ1n) is 7.58. The van der Waals surface area contributed by atoms with Gasteiger partial charge in [-0.3, -0.25) is 0 Å². The predicted molar refractivity (Wildman–Crippen MR) is 86.2 cm³/mol. The maximum Gasteiger partial charge on any atom is 0.162 e. The van der Waals surface area contributed by atoms with Crippen LogP contribution in [-0.4, -0.2) is 43.3 Å². The zero-order valence-electron chi connectivity index (χ0n) is 12.9. The highest BCUT2D eigenvalue weighted by Gasteiger charge is 2.15. The van der Waals surface area contributed by atoms with Gasteiger partial charge in [-0.1, -0.05) is 18.5 Å². The van der Waals surface area contributed by atoms with Gasteiger partial charge in [0.15, 0.2) is 11.5 Å². The largest absolute Gasteiger partial charge is 0.504 e. The SMILES string of the molecule is COc1cc(Cl)cc(CNCCN2CCC(C)CC2)c1O. The van der Waals surface area contributed by atoms with Crippen molar-refractivity contribution in [2.45, 2.75) is 26.3 Å². The molecule has 1 heterocycles. The monoisotopic (exact) mass is 312 g/mol. The van der Waals surface area contributed by atoms with Crippen molar-refractivity contribution >= 4 is 11.6 Å². The number of phenols is 1. The van der Waals surface area contributed by atoms with Crippen LogP contribution in [0.1, 0.15) is 25.3 Å². The van der Waals surface area contributed by atoms with Crippen LogP contribution in [0.15, 0.2) is 12.1 Å². The summed E-state index contributed by atoms with van der Waals surface area (Å²) >= 11 is 6.02. The number of aromatic hydroxyl groups is 1. The van der Waals surface area contributed by atoms with Gasteiger partial charge < -0.3 is 20.1 Å². The highest BCUT2D eigenvalue weighted by molar-refractivity contribution is 6.30. The van der Waals surface area contributed by atoms with Gasteiger partial charge in [-0.05, 0) is 37.9 Å². The van der Waals surface area contributed by atoms with Gasteiger partial charge in [0.1, 0.15) is 0 Å². The van der Waals surface area contributed by atoms with E-state index in [-0.39, 0.29) is 5.75 Å². The number of ether oxygens (including phenoxy) is 1. The molecule has 2 rings (SSSR count). The third-order valence-electron chi connectivity index (χ3n) is 4.14. The smallest absolute Gasteiger partial charge is 0.162 e. The first kappa shape index (κ1) is 16.4. The summed E-state index contributed by atoms with van der Waals surface area (Å²) in [5.74, 6) is 1.45. The normalized spacial score (nSPS) is 17.1. The molecule has 1 saturated heterocycles. The van der Waals surface area contributed by atoms with Crippen LogP contribution >= 0.6 is 11.6 Å². The molecule has 2 N–H and O–H groups in total. The minimum Gasteiger partial charge on any atom is -0.504 e. The molecular formula is C16H25ClN2O2. The lowest BCUT2D eigenvalue weighted by molar-refractivity contribution is 0.193. The van der Waals surface area contributed by atoms with Crippen molar-refractivity contribution < 1.29 is 9.84 Å². The lowest BCUT2D eigenvalue weighted by Crippen LogP contribution is -2.37. The van der Waals surface area contributed by atoms with Crippen LogP contribution in [-0.2, 0) is 6.54 Å². The number of piperidine rings is 1. The van der Waals surface area contributed by atoms with Crippen molar-refractivity contribution in [3.05, 3.63) is 22.7 Å². The van der Waals surface area contributed by atoms with E-state index in [2.05, 4.69) is 17.1 Å². The van der Waals surface area contributed by atoms with Gasteiger partial charge in [-0.2, -0.15) is 0 Å². The molecule has 118 valence electrons. The van der Waals surface area contributed by atoms with E-state index in [1.165, 1.54) is 33.0 Å². The zero-order valence-corrected chi connectivity index (χ0v) is 13.6. The number of halogens is 1. The van der Waals surface area contributed by atoms with Gasteiger partial charge in [0.05, 0.1) is 7.11 Å². The Kier molecular flexibility index (Phi) is 6.15. The van der Waals surface area contributed by atoms with Gasteiger partial charge in [-0.25, -0.2) is 0 Å². The maximum atomic E-state index is 10.1.